The minimum atomic E-state index is -1.05. The number of halogens is 1. The standard InChI is InChI=1S/C32H43N5O7.CH3F/c1-16(2)11-23(36-29(41)22-13-18-20(34-22)7-6-8-25(18)44-5)31(43)37-14-19-26(32(19,3)4)27(37)30(42)35-21(24(39)15-38)12-17-9-10-33-28(17)40;1-2/h6-8,13,16-17,19,21,23,26-27,34,38H,9-12,14-15H2,1-5H3,(H,33,40)(H,35,42)(H,36,41);1H3/t17-,19-,21-,23-,26-,27-;/m0./s1. The molecule has 3 fully saturated rings. The van der Waals surface area contributed by atoms with E-state index in [2.05, 4.69) is 34.8 Å². The maximum absolute atomic E-state index is 14.2. The lowest BCUT2D eigenvalue weighted by Crippen LogP contribution is -2.58. The van der Waals surface area contributed by atoms with Crippen LogP contribution in [0.25, 0.3) is 10.9 Å². The van der Waals surface area contributed by atoms with Crippen LogP contribution in [0, 0.1) is 29.1 Å². The first kappa shape index (κ1) is 34.9. The lowest BCUT2D eigenvalue weighted by Gasteiger charge is -2.34. The third-order valence-corrected chi connectivity index (χ3v) is 9.70. The van der Waals surface area contributed by atoms with E-state index < -0.39 is 48.2 Å². The summed E-state index contributed by atoms with van der Waals surface area (Å²) in [6.07, 6.45) is 0.978. The van der Waals surface area contributed by atoms with Crippen molar-refractivity contribution in [1.29, 1.82) is 0 Å². The number of methoxy groups -OCH3 is 1. The molecule has 46 heavy (non-hydrogen) atoms. The predicted octanol–water partition coefficient (Wildman–Crippen LogP) is 1.96. The van der Waals surface area contributed by atoms with Crippen LogP contribution in [0.5, 0.6) is 5.75 Å². The van der Waals surface area contributed by atoms with Gasteiger partial charge in [-0.25, -0.2) is 0 Å². The van der Waals surface area contributed by atoms with Gasteiger partial charge < -0.3 is 35.7 Å². The zero-order chi connectivity index (χ0) is 33.9. The molecular weight excluding hydrogens is 597 g/mol. The van der Waals surface area contributed by atoms with Crippen LogP contribution in [0.1, 0.15) is 57.4 Å². The number of hydrogen-bond donors (Lipinski definition) is 5. The van der Waals surface area contributed by atoms with Gasteiger partial charge in [-0.3, -0.25) is 28.4 Å². The molecule has 2 aromatic rings. The molecular formula is C33H46FN5O7. The highest BCUT2D eigenvalue weighted by Gasteiger charge is 2.69. The Balaban J connectivity index is 0.00000235. The molecule has 5 rings (SSSR count). The first-order valence-corrected chi connectivity index (χ1v) is 15.7. The second-order valence-corrected chi connectivity index (χ2v) is 13.3. The number of hydrogen-bond acceptors (Lipinski definition) is 7. The van der Waals surface area contributed by atoms with Crippen molar-refractivity contribution in [3.05, 3.63) is 30.0 Å². The van der Waals surface area contributed by atoms with Crippen LogP contribution >= 0.6 is 0 Å². The van der Waals surface area contributed by atoms with Crippen LogP contribution in [0.15, 0.2) is 24.3 Å². The normalized spacial score (nSPS) is 23.9. The van der Waals surface area contributed by atoms with Gasteiger partial charge in [0.25, 0.3) is 5.91 Å². The fourth-order valence-electron chi connectivity index (χ4n) is 7.16. The van der Waals surface area contributed by atoms with Crippen LogP contribution in [0.4, 0.5) is 4.39 Å². The van der Waals surface area contributed by atoms with Crippen molar-refractivity contribution in [3.8, 4) is 5.75 Å². The number of rotatable bonds is 12. The molecule has 0 bridgehead atoms. The van der Waals surface area contributed by atoms with E-state index in [1.807, 2.05) is 26.0 Å². The number of ether oxygens (including phenoxy) is 1. The number of nitrogens with zero attached hydrogens (tertiary/aromatic N) is 1. The SMILES string of the molecule is CF.COc1cccc2[nH]c(C(=O)N[C@@H](CC(C)C)C(=O)N3C[C@H]4[C@@H]([C@H]3C(=O)N[C@@H](C[C@@H]3CCNC3=O)C(=O)CO)C4(C)C)cc12. The molecule has 5 N–H and O–H groups in total. The number of likely N-dealkylation sites (tertiary alicyclic amines) is 1. The Labute approximate surface area is 268 Å². The molecule has 1 aromatic heterocycles. The van der Waals surface area contributed by atoms with E-state index in [1.54, 1.807) is 24.1 Å². The van der Waals surface area contributed by atoms with E-state index in [-0.39, 0.29) is 47.1 Å². The summed E-state index contributed by atoms with van der Waals surface area (Å²) in [7, 11) is 2.06. The highest BCUT2D eigenvalue weighted by Crippen LogP contribution is 2.65. The highest BCUT2D eigenvalue weighted by molar-refractivity contribution is 6.02. The molecule has 3 aliphatic rings. The number of aromatic nitrogens is 1. The number of carbonyl (C=O) groups is 5. The second-order valence-electron chi connectivity index (χ2n) is 13.3. The van der Waals surface area contributed by atoms with Crippen molar-refractivity contribution in [1.82, 2.24) is 25.8 Å². The number of aliphatic hydroxyl groups is 1. The molecule has 1 saturated carbocycles. The number of H-pyrrole nitrogens is 1. The Kier molecular flexibility index (Phi) is 10.8. The van der Waals surface area contributed by atoms with Gasteiger partial charge in [0.2, 0.25) is 17.7 Å². The van der Waals surface area contributed by atoms with Crippen molar-refractivity contribution >= 4 is 40.3 Å². The molecule has 0 unspecified atom stereocenters. The minimum absolute atomic E-state index is 0.0667. The molecule has 1 aromatic carbocycles. The molecule has 252 valence electrons. The summed E-state index contributed by atoms with van der Waals surface area (Å²) < 4.78 is 14.9. The lowest BCUT2D eigenvalue weighted by molar-refractivity contribution is -0.143. The summed E-state index contributed by atoms with van der Waals surface area (Å²) in [5.41, 5.74) is 0.829. The Hall–Kier alpha value is -4.00. The first-order chi connectivity index (χ1) is 21.9. The molecule has 13 heteroatoms. The Morgan fingerprint density at radius 1 is 1.15 bits per heavy atom. The molecule has 2 aliphatic heterocycles. The fraction of sp³-hybridized carbons (Fsp3) is 0.606. The molecule has 4 amide bonds. The molecule has 2 saturated heterocycles. The smallest absolute Gasteiger partial charge is 0.268 e. The van der Waals surface area contributed by atoms with Gasteiger partial charge in [-0.2, -0.15) is 0 Å². The topological polar surface area (TPSA) is 170 Å². The average molecular weight is 644 g/mol. The monoisotopic (exact) mass is 643 g/mol. The number of carbonyl (C=O) groups excluding carboxylic acids is 5. The molecule has 3 heterocycles. The van der Waals surface area contributed by atoms with Crippen molar-refractivity contribution in [2.45, 2.75) is 65.1 Å². The van der Waals surface area contributed by atoms with Crippen molar-refractivity contribution in [2.24, 2.45) is 29.1 Å². The van der Waals surface area contributed by atoms with E-state index in [1.165, 1.54) is 0 Å². The van der Waals surface area contributed by atoms with E-state index in [0.717, 1.165) is 10.9 Å². The molecule has 12 nitrogen and oxygen atoms in total. The van der Waals surface area contributed by atoms with E-state index >= 15 is 0 Å². The van der Waals surface area contributed by atoms with Gasteiger partial charge in [0.15, 0.2) is 5.78 Å². The zero-order valence-corrected chi connectivity index (χ0v) is 27.3. The molecule has 6 atom stereocenters. The van der Waals surface area contributed by atoms with Crippen LogP contribution in [0.3, 0.4) is 0 Å². The molecule has 1 aliphatic carbocycles. The summed E-state index contributed by atoms with van der Waals surface area (Å²) in [6, 6.07) is 4.35. The largest absolute Gasteiger partial charge is 0.496 e. The number of aliphatic hydroxyl groups excluding tert-OH is 1. The van der Waals surface area contributed by atoms with Crippen molar-refractivity contribution in [2.75, 3.05) is 34.0 Å². The van der Waals surface area contributed by atoms with Gasteiger partial charge >= 0.3 is 0 Å². The number of alkyl halides is 1. The highest BCUT2D eigenvalue weighted by atomic mass is 19.1. The van der Waals surface area contributed by atoms with Gasteiger partial charge in [0, 0.05) is 29.9 Å². The second kappa shape index (κ2) is 14.2. The van der Waals surface area contributed by atoms with Crippen LogP contribution in [-0.2, 0) is 19.2 Å². The van der Waals surface area contributed by atoms with Gasteiger partial charge in [-0.1, -0.05) is 33.8 Å². The number of ketones is 1. The number of benzene rings is 1. The average Bonchev–Trinajstić information content (AvgIpc) is 3.55. The summed E-state index contributed by atoms with van der Waals surface area (Å²) in [6.45, 7) is 8.11. The van der Waals surface area contributed by atoms with E-state index in [4.69, 9.17) is 4.74 Å². The van der Waals surface area contributed by atoms with Crippen LogP contribution < -0.4 is 20.7 Å². The number of nitrogens with one attached hydrogen (secondary N) is 4. The van der Waals surface area contributed by atoms with Crippen LogP contribution in [0.2, 0.25) is 0 Å². The summed E-state index contributed by atoms with van der Waals surface area (Å²) in [4.78, 5) is 70.9. The Morgan fingerprint density at radius 2 is 1.87 bits per heavy atom. The lowest BCUT2D eigenvalue weighted by atomic mass is 9.94. The number of piperidine rings is 1. The van der Waals surface area contributed by atoms with Crippen molar-refractivity contribution in [3.63, 3.8) is 0 Å². The van der Waals surface area contributed by atoms with E-state index in [9.17, 15) is 33.5 Å². The zero-order valence-electron chi connectivity index (χ0n) is 27.3. The summed E-state index contributed by atoms with van der Waals surface area (Å²) in [5.74, 6) is -1.85. The third kappa shape index (κ3) is 6.89. The Morgan fingerprint density at radius 3 is 2.48 bits per heavy atom. The molecule has 0 radical (unpaired) electrons. The maximum atomic E-state index is 14.2. The van der Waals surface area contributed by atoms with Gasteiger partial charge in [0.05, 0.1) is 20.3 Å². The number of aromatic amines is 1. The summed E-state index contributed by atoms with van der Waals surface area (Å²) in [5, 5.41) is 18.8. The van der Waals surface area contributed by atoms with Gasteiger partial charge in [0.1, 0.15) is 30.1 Å². The predicted molar refractivity (Wildman–Crippen MR) is 169 cm³/mol. The van der Waals surface area contributed by atoms with Crippen molar-refractivity contribution < 1.29 is 38.2 Å². The number of amides is 4. The number of Topliss-reactive ketones (excluding diaryl/α,β-unsaturated/α-hetero) is 1. The first-order valence-electron chi connectivity index (χ1n) is 15.7. The third-order valence-electron chi connectivity index (χ3n) is 9.70. The van der Waals surface area contributed by atoms with E-state index in [0.29, 0.717) is 38.9 Å². The number of fused-ring (bicyclic) bond motifs is 2. The Bertz CT molecular complexity index is 1470. The van der Waals surface area contributed by atoms with Crippen LogP contribution in [-0.4, -0.2) is 96.5 Å². The quantitative estimate of drug-likeness (QED) is 0.235. The minimum Gasteiger partial charge on any atom is -0.496 e. The van der Waals surface area contributed by atoms with Gasteiger partial charge in [-0.15, -0.1) is 0 Å². The maximum Gasteiger partial charge on any atom is 0.268 e. The van der Waals surface area contributed by atoms with Gasteiger partial charge in [-0.05, 0) is 60.6 Å². The summed E-state index contributed by atoms with van der Waals surface area (Å²) >= 11 is 0. The fourth-order valence-corrected chi connectivity index (χ4v) is 7.16. The molecule has 0 spiro atoms.